The number of halogens is 1. The molecule has 0 aliphatic heterocycles. The molecule has 0 saturated heterocycles. The quantitative estimate of drug-likeness (QED) is 0.926. The van der Waals surface area contributed by atoms with Crippen molar-refractivity contribution < 1.29 is 0 Å². The monoisotopic (exact) mass is 278 g/mol. The van der Waals surface area contributed by atoms with Crippen molar-refractivity contribution in [2.75, 3.05) is 11.9 Å². The summed E-state index contributed by atoms with van der Waals surface area (Å²) in [6, 6.07) is 0. The first-order valence-corrected chi connectivity index (χ1v) is 6.60. The van der Waals surface area contributed by atoms with Gasteiger partial charge in [-0.2, -0.15) is 15.0 Å². The van der Waals surface area contributed by atoms with E-state index in [0.29, 0.717) is 5.15 Å². The van der Waals surface area contributed by atoms with Gasteiger partial charge in [-0.1, -0.05) is 11.6 Å². The molecule has 1 fully saturated rings. The summed E-state index contributed by atoms with van der Waals surface area (Å²) in [5, 5.41) is 20.3. The minimum atomic E-state index is -0.00877. The van der Waals surface area contributed by atoms with E-state index in [0.717, 1.165) is 36.3 Å². The first-order chi connectivity index (χ1) is 9.12. The van der Waals surface area contributed by atoms with Crippen LogP contribution < -0.4 is 5.32 Å². The topological polar surface area (TPSA) is 68.5 Å². The minimum Gasteiger partial charge on any atom is -0.366 e. The van der Waals surface area contributed by atoms with Crippen molar-refractivity contribution in [3.63, 3.8) is 0 Å². The van der Waals surface area contributed by atoms with Crippen LogP contribution in [0.2, 0.25) is 5.15 Å². The van der Waals surface area contributed by atoms with Gasteiger partial charge in [-0.05, 0) is 37.8 Å². The Morgan fingerprint density at radius 3 is 2.53 bits per heavy atom. The Balaban J connectivity index is 1.76. The fourth-order valence-corrected chi connectivity index (χ4v) is 2.22. The Hall–Kier alpha value is -1.69. The lowest BCUT2D eigenvalue weighted by Crippen LogP contribution is -2.29. The van der Waals surface area contributed by atoms with Gasteiger partial charge in [0.15, 0.2) is 11.0 Å². The van der Waals surface area contributed by atoms with Crippen LogP contribution in [0.4, 0.5) is 5.82 Å². The van der Waals surface area contributed by atoms with Crippen LogP contribution in [0.5, 0.6) is 0 Å². The highest BCUT2D eigenvalue weighted by Gasteiger charge is 2.46. The van der Waals surface area contributed by atoms with Gasteiger partial charge in [0.05, 0.1) is 17.9 Å². The van der Waals surface area contributed by atoms with E-state index in [4.69, 9.17) is 11.6 Å². The van der Waals surface area contributed by atoms with Gasteiger partial charge >= 0.3 is 0 Å². The van der Waals surface area contributed by atoms with Gasteiger partial charge in [0, 0.05) is 6.54 Å². The smallest absolute Gasteiger partial charge is 0.155 e. The van der Waals surface area contributed by atoms with Crippen LogP contribution in [-0.2, 0) is 5.54 Å². The fraction of sp³-hybridized carbons (Fsp3) is 0.500. The van der Waals surface area contributed by atoms with E-state index >= 15 is 0 Å². The predicted octanol–water partition coefficient (Wildman–Crippen LogP) is 1.94. The van der Waals surface area contributed by atoms with E-state index in [-0.39, 0.29) is 5.54 Å². The number of anilines is 1. The molecule has 3 rings (SSSR count). The second-order valence-corrected chi connectivity index (χ2v) is 5.34. The number of rotatable bonds is 4. The Labute approximate surface area is 116 Å². The van der Waals surface area contributed by atoms with Crippen LogP contribution >= 0.6 is 11.6 Å². The molecule has 0 radical (unpaired) electrons. The number of hydrogen-bond donors (Lipinski definition) is 1. The molecule has 0 atom stereocenters. The lowest BCUT2D eigenvalue weighted by molar-refractivity contribution is 0.398. The fourth-order valence-electron chi connectivity index (χ4n) is 2.04. The first kappa shape index (κ1) is 12.3. The van der Waals surface area contributed by atoms with Crippen molar-refractivity contribution in [3.05, 3.63) is 28.7 Å². The molecule has 0 spiro atoms. The van der Waals surface area contributed by atoms with Crippen LogP contribution in [0.3, 0.4) is 0 Å². The molecule has 0 bridgehead atoms. The highest BCUT2D eigenvalue weighted by atomic mass is 35.5. The summed E-state index contributed by atoms with van der Waals surface area (Å²) in [6.07, 6.45) is 5.57. The zero-order chi connectivity index (χ0) is 13.5. The number of nitrogens with zero attached hydrogens (tertiary/aromatic N) is 5. The van der Waals surface area contributed by atoms with Gasteiger partial charge in [-0.3, -0.25) is 0 Å². The largest absolute Gasteiger partial charge is 0.366 e. The maximum Gasteiger partial charge on any atom is 0.155 e. The summed E-state index contributed by atoms with van der Waals surface area (Å²) in [6.45, 7) is 4.68. The Morgan fingerprint density at radius 2 is 1.89 bits per heavy atom. The third-order valence-electron chi connectivity index (χ3n) is 3.72. The molecule has 0 amide bonds. The van der Waals surface area contributed by atoms with Crippen molar-refractivity contribution in [2.45, 2.75) is 32.2 Å². The third-order valence-corrected chi connectivity index (χ3v) is 4.08. The van der Waals surface area contributed by atoms with Crippen LogP contribution in [0.15, 0.2) is 12.4 Å². The summed E-state index contributed by atoms with van der Waals surface area (Å²) >= 11 is 5.94. The highest BCUT2D eigenvalue weighted by Crippen LogP contribution is 2.42. The maximum atomic E-state index is 5.94. The normalized spacial score (nSPS) is 16.4. The summed E-state index contributed by atoms with van der Waals surface area (Å²) in [7, 11) is 0. The van der Waals surface area contributed by atoms with E-state index in [1.807, 2.05) is 13.8 Å². The van der Waals surface area contributed by atoms with Crippen molar-refractivity contribution >= 4 is 17.4 Å². The number of hydrogen-bond acceptors (Lipinski definition) is 5. The molecule has 19 heavy (non-hydrogen) atoms. The lowest BCUT2D eigenvalue weighted by atomic mass is 10.2. The molecule has 2 aromatic heterocycles. The Kier molecular flexibility index (Phi) is 2.89. The van der Waals surface area contributed by atoms with Crippen LogP contribution in [-0.4, -0.2) is 31.7 Å². The van der Waals surface area contributed by atoms with Gasteiger partial charge in [0.25, 0.3) is 0 Å². The molecule has 1 N–H and O–H groups in total. The van der Waals surface area contributed by atoms with Gasteiger partial charge in [-0.25, -0.2) is 0 Å². The SMILES string of the molecule is Cc1c(Cl)nnc(NCC2(n3nccn3)CC2)c1C. The molecule has 0 aromatic carbocycles. The second kappa shape index (κ2) is 4.45. The van der Waals surface area contributed by atoms with E-state index in [1.54, 1.807) is 17.2 Å². The highest BCUT2D eigenvalue weighted by molar-refractivity contribution is 6.30. The maximum absolute atomic E-state index is 5.94. The van der Waals surface area contributed by atoms with Crippen molar-refractivity contribution in [3.8, 4) is 0 Å². The Morgan fingerprint density at radius 1 is 1.21 bits per heavy atom. The third kappa shape index (κ3) is 2.16. The van der Waals surface area contributed by atoms with Gasteiger partial charge in [0.2, 0.25) is 0 Å². The lowest BCUT2D eigenvalue weighted by Gasteiger charge is -2.17. The standard InChI is InChI=1S/C12H15ClN6/c1-8-9(2)11(18-17-10(8)13)14-7-12(3-4-12)19-15-5-6-16-19/h5-6H,3-4,7H2,1-2H3,(H,14,18). The van der Waals surface area contributed by atoms with E-state index in [9.17, 15) is 0 Å². The first-order valence-electron chi connectivity index (χ1n) is 6.22. The predicted molar refractivity (Wildman–Crippen MR) is 72.2 cm³/mol. The zero-order valence-electron chi connectivity index (χ0n) is 10.9. The molecule has 1 aliphatic carbocycles. The molecule has 1 saturated carbocycles. The summed E-state index contributed by atoms with van der Waals surface area (Å²) < 4.78 is 0. The molecule has 0 unspecified atom stereocenters. The molecule has 7 heteroatoms. The van der Waals surface area contributed by atoms with E-state index in [2.05, 4.69) is 25.7 Å². The second-order valence-electron chi connectivity index (χ2n) is 4.99. The van der Waals surface area contributed by atoms with Gasteiger partial charge in [0.1, 0.15) is 0 Å². The van der Waals surface area contributed by atoms with Gasteiger partial charge in [-0.15, -0.1) is 10.2 Å². The zero-order valence-corrected chi connectivity index (χ0v) is 11.6. The van der Waals surface area contributed by atoms with Crippen molar-refractivity contribution in [2.24, 2.45) is 0 Å². The molecule has 6 nitrogen and oxygen atoms in total. The van der Waals surface area contributed by atoms with Crippen LogP contribution in [0.1, 0.15) is 24.0 Å². The Bertz CT molecular complexity index is 591. The van der Waals surface area contributed by atoms with E-state index < -0.39 is 0 Å². The molecule has 100 valence electrons. The minimum absolute atomic E-state index is 0.00877. The van der Waals surface area contributed by atoms with Crippen molar-refractivity contribution in [1.82, 2.24) is 25.2 Å². The molecular formula is C12H15ClN6. The van der Waals surface area contributed by atoms with Crippen LogP contribution in [0.25, 0.3) is 0 Å². The summed E-state index contributed by atoms with van der Waals surface area (Å²) in [4.78, 5) is 1.78. The molecule has 1 aliphatic rings. The van der Waals surface area contributed by atoms with E-state index in [1.165, 1.54) is 0 Å². The van der Waals surface area contributed by atoms with Crippen LogP contribution in [0, 0.1) is 13.8 Å². The summed E-state index contributed by atoms with van der Waals surface area (Å²) in [5.41, 5.74) is 1.98. The number of aromatic nitrogens is 5. The van der Waals surface area contributed by atoms with Gasteiger partial charge < -0.3 is 5.32 Å². The summed E-state index contributed by atoms with van der Waals surface area (Å²) in [5.74, 6) is 0.778. The number of nitrogens with one attached hydrogen (secondary N) is 1. The van der Waals surface area contributed by atoms with Crippen molar-refractivity contribution in [1.29, 1.82) is 0 Å². The average molecular weight is 279 g/mol. The molecule has 2 aromatic rings. The average Bonchev–Trinajstić information content (AvgIpc) is 2.99. The molecular weight excluding hydrogens is 264 g/mol. The molecule has 2 heterocycles.